The summed E-state index contributed by atoms with van der Waals surface area (Å²) in [7, 11) is 0. The van der Waals surface area contributed by atoms with Gasteiger partial charge in [-0.15, -0.1) is 0 Å². The molecule has 546 valence electrons. The van der Waals surface area contributed by atoms with Gasteiger partial charge in [-0.05, 0) is 376 Å². The zero-order valence-electron chi connectivity index (χ0n) is 67.8. The first kappa shape index (κ1) is 72.0. The van der Waals surface area contributed by atoms with Gasteiger partial charge in [-0.1, -0.05) is 259 Å². The molecule has 0 fully saturated rings. The lowest BCUT2D eigenvalue weighted by Gasteiger charge is -2.31. The van der Waals surface area contributed by atoms with Gasteiger partial charge in [0, 0.05) is 22.0 Å². The van der Waals surface area contributed by atoms with Crippen LogP contribution in [0.1, 0.15) is 83.5 Å². The van der Waals surface area contributed by atoms with Gasteiger partial charge in [0.1, 0.15) is 0 Å². The maximum Gasteiger partial charge on any atom is 0.247 e. The Balaban J connectivity index is 1.04. The van der Waals surface area contributed by atoms with Crippen LogP contribution in [0.25, 0.3) is 161 Å². The van der Waals surface area contributed by atoms with Crippen molar-refractivity contribution in [1.29, 1.82) is 0 Å². The number of hydrogen-bond acceptors (Lipinski definition) is 0. The van der Waals surface area contributed by atoms with E-state index in [1.807, 2.05) is 0 Å². The second-order valence-electron chi connectivity index (χ2n) is 32.6. The van der Waals surface area contributed by atoms with Crippen molar-refractivity contribution in [2.45, 2.75) is 104 Å². The first-order chi connectivity index (χ1) is 54.8. The molecule has 1 aromatic heterocycles. The van der Waals surface area contributed by atoms with Crippen LogP contribution in [-0.2, 0) is 0 Å². The van der Waals surface area contributed by atoms with E-state index in [0.717, 1.165) is 0 Å². The average molecular weight is 1450 g/mol. The van der Waals surface area contributed by atoms with E-state index < -0.39 is 0 Å². The molecule has 0 spiro atoms. The number of aromatic nitrogens is 1. The number of benzene rings is 16. The standard InChI is InChI=1S/C111H94BN/c1-65-53-78(14)110(79(15)54-65)112-97-63-84(108-93(103-70(6)35-27-36-71(103)7)58-86(81-45-21-17-22-46-81)59-94(108)104-72(8)37-28-38-73(104)9)50-52-100(97)113-99-51-49-83(107-91(101-66(2)31-25-32-67(101)3)56-85(80-43-19-16-20-44-80)57-92(107)102-68(4)33-26-34-69(102)5)55-89(99)90-62-88(64-98(112)111(90)113)109-95(105-74(10)39-29-40-75(105)11)60-87(82-47-23-18-24-48-82)61-96(109)106-76(12)41-30-42-77(106)13/h16-64H,1-15H3. The molecule has 2 heterocycles. The lowest BCUT2D eigenvalue weighted by Crippen LogP contribution is -2.57. The molecule has 0 radical (unpaired) electrons. The van der Waals surface area contributed by atoms with E-state index in [1.165, 1.54) is 261 Å². The van der Waals surface area contributed by atoms with Gasteiger partial charge in [-0.25, -0.2) is 0 Å². The zero-order valence-corrected chi connectivity index (χ0v) is 67.8. The normalized spacial score (nSPS) is 11.8. The topological polar surface area (TPSA) is 4.93 Å². The summed E-state index contributed by atoms with van der Waals surface area (Å²) in [6, 6.07) is 115. The Kier molecular flexibility index (Phi) is 18.2. The Morgan fingerprint density at radius 1 is 0.195 bits per heavy atom. The Bertz CT molecular complexity index is 6390. The zero-order chi connectivity index (χ0) is 77.9. The number of aryl methyl sites for hydroxylation is 15. The summed E-state index contributed by atoms with van der Waals surface area (Å²) < 4.78 is 2.69. The van der Waals surface area contributed by atoms with E-state index in [9.17, 15) is 0 Å². The van der Waals surface area contributed by atoms with Crippen LogP contribution in [0.15, 0.2) is 297 Å². The summed E-state index contributed by atoms with van der Waals surface area (Å²) >= 11 is 0. The van der Waals surface area contributed by atoms with Crippen LogP contribution in [-0.4, -0.2) is 11.3 Å². The van der Waals surface area contributed by atoms with Gasteiger partial charge >= 0.3 is 0 Å². The first-order valence-corrected chi connectivity index (χ1v) is 40.2. The van der Waals surface area contributed by atoms with Gasteiger partial charge < -0.3 is 4.57 Å². The lowest BCUT2D eigenvalue weighted by molar-refractivity contribution is 1.19. The Hall–Kier alpha value is -12.6. The summed E-state index contributed by atoms with van der Waals surface area (Å²) in [5.41, 5.74) is 55.6. The largest absolute Gasteiger partial charge is 0.310 e. The van der Waals surface area contributed by atoms with Crippen molar-refractivity contribution in [3.63, 3.8) is 0 Å². The van der Waals surface area contributed by atoms with Gasteiger partial charge in [-0.2, -0.15) is 0 Å². The molecule has 113 heavy (non-hydrogen) atoms. The third-order valence-electron chi connectivity index (χ3n) is 24.9. The van der Waals surface area contributed by atoms with Crippen molar-refractivity contribution in [1.82, 2.24) is 4.57 Å². The van der Waals surface area contributed by atoms with Crippen molar-refractivity contribution in [3.8, 4) is 139 Å². The van der Waals surface area contributed by atoms with Crippen molar-refractivity contribution >= 4 is 44.9 Å². The second kappa shape index (κ2) is 28.6. The van der Waals surface area contributed by atoms with Crippen LogP contribution in [0.2, 0.25) is 0 Å². The fraction of sp³-hybridized carbons (Fsp3) is 0.135. The van der Waals surface area contributed by atoms with Crippen LogP contribution in [0, 0.1) is 104 Å². The van der Waals surface area contributed by atoms with Crippen LogP contribution in [0.4, 0.5) is 0 Å². The highest BCUT2D eigenvalue weighted by Gasteiger charge is 2.38. The Morgan fingerprint density at radius 2 is 0.478 bits per heavy atom. The Labute approximate surface area is 668 Å². The summed E-state index contributed by atoms with van der Waals surface area (Å²) in [5.74, 6) is 0. The van der Waals surface area contributed by atoms with Crippen molar-refractivity contribution in [3.05, 3.63) is 381 Å². The molecule has 1 aliphatic heterocycles. The predicted molar refractivity (Wildman–Crippen MR) is 488 cm³/mol. The third kappa shape index (κ3) is 12.3. The minimum absolute atomic E-state index is 0.229. The highest BCUT2D eigenvalue weighted by atomic mass is 15.0. The fourth-order valence-corrected chi connectivity index (χ4v) is 20.1. The van der Waals surface area contributed by atoms with Crippen molar-refractivity contribution in [2.24, 2.45) is 0 Å². The van der Waals surface area contributed by atoms with Gasteiger partial charge in [-0.3, -0.25) is 0 Å². The van der Waals surface area contributed by atoms with E-state index in [0.29, 0.717) is 0 Å². The average Bonchev–Trinajstić information content (AvgIpc) is 1.57. The highest BCUT2D eigenvalue weighted by molar-refractivity contribution is 6.98. The summed E-state index contributed by atoms with van der Waals surface area (Å²) in [4.78, 5) is 0. The van der Waals surface area contributed by atoms with Gasteiger partial charge in [0.15, 0.2) is 0 Å². The predicted octanol–water partition coefficient (Wildman–Crippen LogP) is 28.2. The highest BCUT2D eigenvalue weighted by Crippen LogP contribution is 2.53. The molecule has 0 atom stereocenters. The molecule has 1 aliphatic rings. The molecule has 0 bridgehead atoms. The molecule has 16 aromatic carbocycles. The molecule has 0 saturated carbocycles. The lowest BCUT2D eigenvalue weighted by atomic mass is 9.34. The molecular weight excluding hydrogens is 1360 g/mol. The molecule has 0 saturated heterocycles. The summed E-state index contributed by atoms with van der Waals surface area (Å²) in [6.45, 7) is 34.4. The molecule has 18 rings (SSSR count). The maximum absolute atomic E-state index is 2.69. The van der Waals surface area contributed by atoms with E-state index in [2.05, 4.69) is 406 Å². The molecule has 0 amide bonds. The number of fused-ring (bicyclic) bond motifs is 5. The SMILES string of the molecule is Cc1cc(C)c(B2c3cc(-c4c(-c5c(C)cccc5C)cc(-c5ccccc5)cc4-c4c(C)cccc4C)ccc3-n3c4ccc(-c5c(-c6c(C)cccc6C)cc(-c6ccccc6)cc5-c5c(C)cccc5C)cc4c4cc(-c5c(-c6c(C)cccc6C)cc(-c6ccccc6)cc5-c5c(C)cccc5C)cc2c43)c(C)c1. The maximum atomic E-state index is 2.69. The quantitative estimate of drug-likeness (QED) is 0.101. The fourth-order valence-electron chi connectivity index (χ4n) is 20.1. The smallest absolute Gasteiger partial charge is 0.247 e. The number of rotatable bonds is 13. The Morgan fingerprint density at radius 3 is 0.805 bits per heavy atom. The van der Waals surface area contributed by atoms with Gasteiger partial charge in [0.05, 0.1) is 5.52 Å². The van der Waals surface area contributed by atoms with E-state index in [4.69, 9.17) is 0 Å². The minimum atomic E-state index is -0.229. The van der Waals surface area contributed by atoms with Crippen molar-refractivity contribution < 1.29 is 0 Å². The van der Waals surface area contributed by atoms with Crippen LogP contribution >= 0.6 is 0 Å². The molecule has 2 heteroatoms. The molecule has 17 aromatic rings. The molecule has 0 aliphatic carbocycles. The third-order valence-corrected chi connectivity index (χ3v) is 24.9. The summed E-state index contributed by atoms with van der Waals surface area (Å²) in [5, 5.41) is 2.42. The van der Waals surface area contributed by atoms with E-state index in [-0.39, 0.29) is 6.71 Å². The second-order valence-corrected chi connectivity index (χ2v) is 32.6. The van der Waals surface area contributed by atoms with Crippen LogP contribution in [0.5, 0.6) is 0 Å². The molecule has 0 N–H and O–H groups in total. The van der Waals surface area contributed by atoms with Gasteiger partial charge in [0.2, 0.25) is 6.71 Å². The molecule has 1 nitrogen and oxygen atoms in total. The first-order valence-electron chi connectivity index (χ1n) is 40.2. The van der Waals surface area contributed by atoms with Crippen LogP contribution < -0.4 is 16.4 Å². The minimum Gasteiger partial charge on any atom is -0.310 e. The van der Waals surface area contributed by atoms with E-state index >= 15 is 0 Å². The monoisotopic (exact) mass is 1450 g/mol. The van der Waals surface area contributed by atoms with Crippen LogP contribution in [0.3, 0.4) is 0 Å². The summed E-state index contributed by atoms with van der Waals surface area (Å²) in [6.07, 6.45) is 0. The van der Waals surface area contributed by atoms with E-state index in [1.54, 1.807) is 0 Å². The van der Waals surface area contributed by atoms with Gasteiger partial charge in [0.25, 0.3) is 0 Å². The van der Waals surface area contributed by atoms with Crippen molar-refractivity contribution in [2.75, 3.05) is 0 Å². The molecule has 0 unspecified atom stereocenters. The number of nitrogens with zero attached hydrogens (tertiary/aromatic N) is 1. The molecular formula is C111H94BN. The number of hydrogen-bond donors (Lipinski definition) is 0.